The van der Waals surface area contributed by atoms with Gasteiger partial charge in [0.05, 0.1) is 11.6 Å². The van der Waals surface area contributed by atoms with Crippen molar-refractivity contribution in [3.05, 3.63) is 58.3 Å². The van der Waals surface area contributed by atoms with E-state index in [-0.39, 0.29) is 0 Å². The standard InChI is InChI=1S/C14H15O4PS/c1-19(17,18)13(11-7-8-20-9-11)12(14(15)16)10-5-3-2-4-6-10/h2-9,12-13H,1H3,(H,15,16)(H,17,18). The minimum absolute atomic E-state index is 0.535. The lowest BCUT2D eigenvalue weighted by atomic mass is 9.92. The van der Waals surface area contributed by atoms with E-state index in [0.717, 1.165) is 0 Å². The molecule has 4 nitrogen and oxygen atoms in total. The fraction of sp³-hybridized carbons (Fsp3) is 0.214. The Balaban J connectivity index is 2.55. The van der Waals surface area contributed by atoms with Gasteiger partial charge in [0.2, 0.25) is 7.37 Å². The summed E-state index contributed by atoms with van der Waals surface area (Å²) in [6.45, 7) is 1.22. The Morgan fingerprint density at radius 3 is 2.30 bits per heavy atom. The third kappa shape index (κ3) is 3.18. The molecular formula is C14H15O4PS. The van der Waals surface area contributed by atoms with Crippen molar-refractivity contribution in [1.29, 1.82) is 0 Å². The Hall–Kier alpha value is -1.42. The molecule has 0 aliphatic rings. The minimum atomic E-state index is -3.61. The number of benzene rings is 1. The molecule has 3 unspecified atom stereocenters. The van der Waals surface area contributed by atoms with Crippen molar-refractivity contribution in [2.24, 2.45) is 0 Å². The molecule has 0 saturated heterocycles. The Labute approximate surface area is 121 Å². The highest BCUT2D eigenvalue weighted by Gasteiger charge is 2.40. The molecule has 3 atom stereocenters. The van der Waals surface area contributed by atoms with E-state index in [9.17, 15) is 19.4 Å². The van der Waals surface area contributed by atoms with Gasteiger partial charge in [-0.25, -0.2) is 0 Å². The van der Waals surface area contributed by atoms with Crippen molar-refractivity contribution >= 4 is 24.7 Å². The molecule has 6 heteroatoms. The van der Waals surface area contributed by atoms with Crippen molar-refractivity contribution < 1.29 is 19.4 Å². The van der Waals surface area contributed by atoms with E-state index in [1.165, 1.54) is 18.0 Å². The first-order valence-electron chi connectivity index (χ1n) is 6.01. The molecule has 0 bridgehead atoms. The van der Waals surface area contributed by atoms with Crippen LogP contribution in [-0.2, 0) is 9.36 Å². The average molecular weight is 310 g/mol. The third-order valence-corrected chi connectivity index (χ3v) is 5.47. The SMILES string of the molecule is CP(=O)(O)C(c1ccsc1)C(C(=O)O)c1ccccc1. The van der Waals surface area contributed by atoms with E-state index in [0.29, 0.717) is 11.1 Å². The minimum Gasteiger partial charge on any atom is -0.481 e. The second-order valence-corrected chi connectivity index (χ2v) is 7.89. The summed E-state index contributed by atoms with van der Waals surface area (Å²) < 4.78 is 12.2. The molecule has 0 aliphatic heterocycles. The first-order valence-corrected chi connectivity index (χ1v) is 9.13. The van der Waals surface area contributed by atoms with Crippen molar-refractivity contribution in [3.63, 3.8) is 0 Å². The molecule has 0 radical (unpaired) electrons. The molecule has 2 rings (SSSR count). The Morgan fingerprint density at radius 2 is 1.85 bits per heavy atom. The number of carbonyl (C=O) groups is 1. The Bertz CT molecular complexity index is 618. The summed E-state index contributed by atoms with van der Waals surface area (Å²) in [4.78, 5) is 21.7. The van der Waals surface area contributed by atoms with E-state index < -0.39 is 24.9 Å². The maximum absolute atomic E-state index is 12.2. The van der Waals surface area contributed by atoms with Gasteiger partial charge in [-0.3, -0.25) is 9.36 Å². The largest absolute Gasteiger partial charge is 0.481 e. The van der Waals surface area contributed by atoms with Crippen LogP contribution in [0.3, 0.4) is 0 Å². The Kier molecular flexibility index (Phi) is 4.43. The lowest BCUT2D eigenvalue weighted by Gasteiger charge is -2.26. The van der Waals surface area contributed by atoms with Gasteiger partial charge in [0.25, 0.3) is 0 Å². The molecule has 1 aromatic heterocycles. The van der Waals surface area contributed by atoms with Crippen LogP contribution in [0.5, 0.6) is 0 Å². The molecule has 0 saturated carbocycles. The monoisotopic (exact) mass is 310 g/mol. The quantitative estimate of drug-likeness (QED) is 0.828. The molecule has 0 amide bonds. The van der Waals surface area contributed by atoms with Gasteiger partial charge >= 0.3 is 5.97 Å². The molecule has 2 aromatic rings. The summed E-state index contributed by atoms with van der Waals surface area (Å²) in [7, 11) is -3.61. The fourth-order valence-corrected chi connectivity index (χ4v) is 4.67. The summed E-state index contributed by atoms with van der Waals surface area (Å²) in [6.07, 6.45) is 0. The predicted octanol–water partition coefficient (Wildman–Crippen LogP) is 3.56. The molecule has 1 aromatic carbocycles. The van der Waals surface area contributed by atoms with Gasteiger partial charge in [-0.15, -0.1) is 0 Å². The highest BCUT2D eigenvalue weighted by molar-refractivity contribution is 7.57. The van der Waals surface area contributed by atoms with Crippen LogP contribution in [0.1, 0.15) is 22.7 Å². The fourth-order valence-electron chi connectivity index (χ4n) is 2.31. The summed E-state index contributed by atoms with van der Waals surface area (Å²) in [5.41, 5.74) is 0.195. The van der Waals surface area contributed by atoms with Crippen LogP contribution in [0, 0.1) is 0 Å². The van der Waals surface area contributed by atoms with E-state index >= 15 is 0 Å². The lowest BCUT2D eigenvalue weighted by Crippen LogP contribution is -2.20. The van der Waals surface area contributed by atoms with Crippen LogP contribution in [0.25, 0.3) is 0 Å². The maximum Gasteiger partial charge on any atom is 0.312 e. The van der Waals surface area contributed by atoms with Crippen LogP contribution in [-0.4, -0.2) is 22.6 Å². The maximum atomic E-state index is 12.2. The predicted molar refractivity (Wildman–Crippen MR) is 79.6 cm³/mol. The second kappa shape index (κ2) is 5.92. The molecule has 1 heterocycles. The number of hydrogen-bond acceptors (Lipinski definition) is 3. The van der Waals surface area contributed by atoms with E-state index in [1.807, 2.05) is 0 Å². The van der Waals surface area contributed by atoms with Crippen molar-refractivity contribution in [3.8, 4) is 0 Å². The molecule has 2 N–H and O–H groups in total. The average Bonchev–Trinajstić information content (AvgIpc) is 2.88. The lowest BCUT2D eigenvalue weighted by molar-refractivity contribution is -0.139. The van der Waals surface area contributed by atoms with Crippen molar-refractivity contribution in [2.75, 3.05) is 6.66 Å². The van der Waals surface area contributed by atoms with Gasteiger partial charge in [-0.1, -0.05) is 30.3 Å². The smallest absolute Gasteiger partial charge is 0.312 e. The van der Waals surface area contributed by atoms with Crippen LogP contribution in [0.2, 0.25) is 0 Å². The van der Waals surface area contributed by atoms with Gasteiger partial charge < -0.3 is 10.00 Å². The van der Waals surface area contributed by atoms with Gasteiger partial charge in [-0.2, -0.15) is 11.3 Å². The molecule has 106 valence electrons. The summed E-state index contributed by atoms with van der Waals surface area (Å²) in [5.74, 6) is -2.13. The van der Waals surface area contributed by atoms with Gasteiger partial charge in [-0.05, 0) is 28.0 Å². The highest BCUT2D eigenvalue weighted by atomic mass is 32.1. The molecule has 0 aliphatic carbocycles. The number of rotatable bonds is 5. The number of aliphatic carboxylic acids is 1. The van der Waals surface area contributed by atoms with Crippen LogP contribution >= 0.6 is 18.7 Å². The van der Waals surface area contributed by atoms with Crippen molar-refractivity contribution in [2.45, 2.75) is 11.6 Å². The Morgan fingerprint density at radius 1 is 1.20 bits per heavy atom. The number of hydrogen-bond donors (Lipinski definition) is 2. The van der Waals surface area contributed by atoms with Crippen molar-refractivity contribution in [1.82, 2.24) is 0 Å². The first kappa shape index (κ1) is 15.0. The summed E-state index contributed by atoms with van der Waals surface area (Å²) in [5, 5.41) is 13.0. The highest BCUT2D eigenvalue weighted by Crippen LogP contribution is 2.59. The van der Waals surface area contributed by atoms with Gasteiger partial charge in [0, 0.05) is 6.66 Å². The second-order valence-electron chi connectivity index (χ2n) is 4.67. The molecule has 0 spiro atoms. The zero-order valence-corrected chi connectivity index (χ0v) is 12.6. The molecule has 0 fully saturated rings. The van der Waals surface area contributed by atoms with Crippen LogP contribution < -0.4 is 0 Å². The topological polar surface area (TPSA) is 74.6 Å². The number of carboxylic acid groups (broad SMARTS) is 1. The zero-order valence-electron chi connectivity index (χ0n) is 10.8. The van der Waals surface area contributed by atoms with Crippen LogP contribution in [0.15, 0.2) is 47.2 Å². The van der Waals surface area contributed by atoms with E-state index in [1.54, 1.807) is 47.2 Å². The summed E-state index contributed by atoms with van der Waals surface area (Å²) >= 11 is 1.38. The van der Waals surface area contributed by atoms with Gasteiger partial charge in [0.1, 0.15) is 0 Å². The molecule has 20 heavy (non-hydrogen) atoms. The van der Waals surface area contributed by atoms with Crippen LogP contribution in [0.4, 0.5) is 0 Å². The zero-order chi connectivity index (χ0) is 14.8. The summed E-state index contributed by atoms with van der Waals surface area (Å²) in [6, 6.07) is 10.3. The van der Waals surface area contributed by atoms with E-state index in [2.05, 4.69) is 0 Å². The first-order chi connectivity index (χ1) is 9.41. The number of carboxylic acids is 1. The normalized spacial score (nSPS) is 17.1. The molecular weight excluding hydrogens is 295 g/mol. The number of thiophene rings is 1. The van der Waals surface area contributed by atoms with E-state index in [4.69, 9.17) is 0 Å². The van der Waals surface area contributed by atoms with Gasteiger partial charge in [0.15, 0.2) is 0 Å². The third-order valence-electron chi connectivity index (χ3n) is 3.14.